The minimum atomic E-state index is 0.370. The number of benzene rings is 2. The third kappa shape index (κ3) is 3.20. The predicted molar refractivity (Wildman–Crippen MR) is 83.7 cm³/mol. The highest BCUT2D eigenvalue weighted by molar-refractivity contribution is 6.29. The van der Waals surface area contributed by atoms with Gasteiger partial charge in [0.05, 0.1) is 0 Å². The fourth-order valence-electron chi connectivity index (χ4n) is 2.08. The molecular weight excluding hydrogens is 284 g/mol. The number of aromatic nitrogens is 2. The van der Waals surface area contributed by atoms with Crippen LogP contribution in [0.4, 0.5) is 0 Å². The van der Waals surface area contributed by atoms with Crippen LogP contribution in [0, 0.1) is 6.92 Å². The van der Waals surface area contributed by atoms with Gasteiger partial charge in [0, 0.05) is 11.6 Å². The molecule has 0 atom stereocenters. The van der Waals surface area contributed by atoms with E-state index < -0.39 is 0 Å². The van der Waals surface area contributed by atoms with Gasteiger partial charge in [-0.25, -0.2) is 4.98 Å². The summed E-state index contributed by atoms with van der Waals surface area (Å²) in [4.78, 5) is 8.28. The first kappa shape index (κ1) is 13.6. The van der Waals surface area contributed by atoms with Gasteiger partial charge >= 0.3 is 0 Å². The Labute approximate surface area is 128 Å². The summed E-state index contributed by atoms with van der Waals surface area (Å²) < 4.78 is 5.89. The van der Waals surface area contributed by atoms with Gasteiger partial charge in [-0.3, -0.25) is 0 Å². The van der Waals surface area contributed by atoms with Crippen LogP contribution < -0.4 is 4.74 Å². The normalized spacial score (nSPS) is 10.4. The molecule has 4 heteroatoms. The number of aryl methyl sites for hydroxylation is 1. The summed E-state index contributed by atoms with van der Waals surface area (Å²) in [5.74, 6) is 1.75. The molecule has 1 heterocycles. The lowest BCUT2D eigenvalue weighted by atomic mass is 10.1. The molecule has 0 aliphatic carbocycles. The number of halogens is 1. The van der Waals surface area contributed by atoms with Crippen LogP contribution in [0.5, 0.6) is 11.6 Å². The summed E-state index contributed by atoms with van der Waals surface area (Å²) in [6.07, 6.45) is 0. The largest absolute Gasteiger partial charge is 0.438 e. The van der Waals surface area contributed by atoms with Crippen molar-refractivity contribution in [1.82, 2.24) is 9.97 Å². The maximum atomic E-state index is 5.94. The molecule has 0 saturated carbocycles. The van der Waals surface area contributed by atoms with Crippen LogP contribution in [0.1, 0.15) is 5.82 Å². The Bertz CT molecular complexity index is 739. The van der Waals surface area contributed by atoms with E-state index in [1.54, 1.807) is 13.0 Å². The molecular formula is C17H13ClN2O. The van der Waals surface area contributed by atoms with E-state index in [9.17, 15) is 0 Å². The van der Waals surface area contributed by atoms with Crippen LogP contribution in [-0.2, 0) is 0 Å². The lowest BCUT2D eigenvalue weighted by Gasteiger charge is -2.11. The zero-order valence-corrected chi connectivity index (χ0v) is 12.2. The quantitative estimate of drug-likeness (QED) is 0.645. The summed E-state index contributed by atoms with van der Waals surface area (Å²) in [5.41, 5.74) is 2.09. The smallest absolute Gasteiger partial charge is 0.224 e. The molecule has 3 nitrogen and oxygen atoms in total. The topological polar surface area (TPSA) is 35.0 Å². The minimum absolute atomic E-state index is 0.370. The van der Waals surface area contributed by atoms with Crippen molar-refractivity contribution in [3.63, 3.8) is 0 Å². The van der Waals surface area contributed by atoms with Crippen molar-refractivity contribution in [3.05, 3.63) is 71.6 Å². The van der Waals surface area contributed by atoms with E-state index in [4.69, 9.17) is 16.3 Å². The first-order valence-electron chi connectivity index (χ1n) is 6.56. The average molecular weight is 297 g/mol. The van der Waals surface area contributed by atoms with Crippen molar-refractivity contribution < 1.29 is 4.74 Å². The first-order valence-corrected chi connectivity index (χ1v) is 6.94. The molecule has 0 radical (unpaired) electrons. The van der Waals surface area contributed by atoms with Gasteiger partial charge in [-0.05, 0) is 18.6 Å². The van der Waals surface area contributed by atoms with Crippen molar-refractivity contribution >= 4 is 11.6 Å². The summed E-state index contributed by atoms with van der Waals surface area (Å²) in [6.45, 7) is 1.78. The first-order chi connectivity index (χ1) is 10.2. The SMILES string of the molecule is Cc1nc(Cl)cc(Oc2ccccc2-c2ccccc2)n1. The Kier molecular flexibility index (Phi) is 3.84. The second kappa shape index (κ2) is 5.94. The molecule has 0 aliphatic rings. The van der Waals surface area contributed by atoms with Crippen LogP contribution in [-0.4, -0.2) is 9.97 Å². The summed E-state index contributed by atoms with van der Waals surface area (Å²) in [6, 6.07) is 19.5. The predicted octanol–water partition coefficient (Wildman–Crippen LogP) is 4.90. The van der Waals surface area contributed by atoms with E-state index in [2.05, 4.69) is 9.97 Å². The van der Waals surface area contributed by atoms with Crippen LogP contribution in [0.25, 0.3) is 11.1 Å². The highest BCUT2D eigenvalue weighted by Gasteiger charge is 2.08. The fraction of sp³-hybridized carbons (Fsp3) is 0.0588. The van der Waals surface area contributed by atoms with Gasteiger partial charge < -0.3 is 4.74 Å². The summed E-state index contributed by atoms with van der Waals surface area (Å²) >= 11 is 5.94. The molecule has 0 fully saturated rings. The van der Waals surface area contributed by atoms with Gasteiger partial charge in [0.2, 0.25) is 5.88 Å². The number of hydrogen-bond acceptors (Lipinski definition) is 3. The number of ether oxygens (including phenoxy) is 1. The van der Waals surface area contributed by atoms with Gasteiger partial charge in [0.25, 0.3) is 0 Å². The molecule has 2 aromatic carbocycles. The Morgan fingerprint density at radius 3 is 2.38 bits per heavy atom. The summed E-state index contributed by atoms with van der Waals surface area (Å²) in [5, 5.41) is 0.370. The van der Waals surface area contributed by atoms with Crippen LogP contribution in [0.3, 0.4) is 0 Å². The van der Waals surface area contributed by atoms with Gasteiger partial charge in [0.15, 0.2) is 0 Å². The highest BCUT2D eigenvalue weighted by Crippen LogP contribution is 2.32. The Hall–Kier alpha value is -2.39. The molecule has 0 unspecified atom stereocenters. The zero-order chi connectivity index (χ0) is 14.7. The van der Waals surface area contributed by atoms with Crippen LogP contribution in [0.2, 0.25) is 5.15 Å². The molecule has 0 saturated heterocycles. The van der Waals surface area contributed by atoms with E-state index in [0.717, 1.165) is 16.9 Å². The van der Waals surface area contributed by atoms with Crippen molar-refractivity contribution in [1.29, 1.82) is 0 Å². The molecule has 0 bridgehead atoms. The van der Waals surface area contributed by atoms with Crippen molar-refractivity contribution in [2.45, 2.75) is 6.92 Å². The number of rotatable bonds is 3. The number of para-hydroxylation sites is 1. The average Bonchev–Trinajstić information content (AvgIpc) is 2.48. The Morgan fingerprint density at radius 2 is 1.62 bits per heavy atom. The van der Waals surface area contributed by atoms with E-state index >= 15 is 0 Å². The number of hydrogen-bond donors (Lipinski definition) is 0. The standard InChI is InChI=1S/C17H13ClN2O/c1-12-19-16(18)11-17(20-12)21-15-10-6-5-9-14(15)13-7-3-2-4-8-13/h2-11H,1H3. The minimum Gasteiger partial charge on any atom is -0.438 e. The fourth-order valence-corrected chi connectivity index (χ4v) is 2.30. The van der Waals surface area contributed by atoms with Gasteiger partial charge in [-0.15, -0.1) is 0 Å². The monoisotopic (exact) mass is 296 g/mol. The molecule has 0 amide bonds. The van der Waals surface area contributed by atoms with Crippen LogP contribution >= 0.6 is 11.6 Å². The Balaban J connectivity index is 2.00. The van der Waals surface area contributed by atoms with E-state index in [1.807, 2.05) is 54.6 Å². The molecule has 0 spiro atoms. The maximum Gasteiger partial charge on any atom is 0.224 e. The molecule has 1 aromatic heterocycles. The van der Waals surface area contributed by atoms with Crippen molar-refractivity contribution in [2.24, 2.45) is 0 Å². The molecule has 0 N–H and O–H groups in total. The van der Waals surface area contributed by atoms with E-state index in [0.29, 0.717) is 16.9 Å². The maximum absolute atomic E-state index is 5.94. The third-order valence-electron chi connectivity index (χ3n) is 2.97. The summed E-state index contributed by atoms with van der Waals surface area (Å²) in [7, 11) is 0. The zero-order valence-electron chi connectivity index (χ0n) is 11.5. The van der Waals surface area contributed by atoms with E-state index in [-0.39, 0.29) is 0 Å². The van der Waals surface area contributed by atoms with E-state index in [1.165, 1.54) is 0 Å². The van der Waals surface area contributed by atoms with Gasteiger partial charge in [-0.1, -0.05) is 60.1 Å². The van der Waals surface area contributed by atoms with Crippen molar-refractivity contribution in [2.75, 3.05) is 0 Å². The molecule has 3 aromatic rings. The Morgan fingerprint density at radius 1 is 0.905 bits per heavy atom. The van der Waals surface area contributed by atoms with Crippen molar-refractivity contribution in [3.8, 4) is 22.8 Å². The second-order valence-corrected chi connectivity index (χ2v) is 4.93. The molecule has 104 valence electrons. The lowest BCUT2D eigenvalue weighted by molar-refractivity contribution is 0.461. The lowest BCUT2D eigenvalue weighted by Crippen LogP contribution is -1.94. The highest BCUT2D eigenvalue weighted by atomic mass is 35.5. The number of nitrogens with zero attached hydrogens (tertiary/aromatic N) is 2. The molecule has 21 heavy (non-hydrogen) atoms. The van der Waals surface area contributed by atoms with Gasteiger partial charge in [0.1, 0.15) is 16.7 Å². The second-order valence-electron chi connectivity index (χ2n) is 4.54. The van der Waals surface area contributed by atoms with Crippen LogP contribution in [0.15, 0.2) is 60.7 Å². The molecule has 0 aliphatic heterocycles. The molecule has 3 rings (SSSR count). The van der Waals surface area contributed by atoms with Gasteiger partial charge in [-0.2, -0.15) is 4.98 Å². The third-order valence-corrected chi connectivity index (χ3v) is 3.16.